The van der Waals surface area contributed by atoms with Crippen LogP contribution in [0.1, 0.15) is 51.5 Å². The van der Waals surface area contributed by atoms with Gasteiger partial charge in [-0.1, -0.05) is 11.6 Å². The predicted molar refractivity (Wildman–Crippen MR) is 112 cm³/mol. The van der Waals surface area contributed by atoms with Crippen molar-refractivity contribution >= 4 is 35.0 Å². The van der Waals surface area contributed by atoms with Crippen molar-refractivity contribution < 1.29 is 4.74 Å². The Balaban J connectivity index is 0.00000210. The average Bonchev–Trinajstić information content (AvgIpc) is 2.97. The van der Waals surface area contributed by atoms with E-state index in [1.165, 1.54) is 12.8 Å². The first kappa shape index (κ1) is 20.7. The van der Waals surface area contributed by atoms with E-state index >= 15 is 0 Å². The second-order valence-corrected chi connectivity index (χ2v) is 8.55. The third-order valence-electron chi connectivity index (χ3n) is 6.61. The molecule has 0 spiro atoms. The molecule has 4 rings (SSSR count). The largest absolute Gasteiger partial charge is 0.381 e. The Labute approximate surface area is 171 Å². The highest BCUT2D eigenvalue weighted by Crippen LogP contribution is 2.37. The highest BCUT2D eigenvalue weighted by molar-refractivity contribution is 6.31. The Kier molecular flexibility index (Phi) is 6.26. The monoisotopic (exact) mass is 413 g/mol. The van der Waals surface area contributed by atoms with Crippen LogP contribution in [0.15, 0.2) is 23.0 Å². The molecule has 0 radical (unpaired) electrons. The molecule has 2 aliphatic rings. The fourth-order valence-corrected chi connectivity index (χ4v) is 5.07. The van der Waals surface area contributed by atoms with Crippen LogP contribution in [0.4, 0.5) is 0 Å². The summed E-state index contributed by atoms with van der Waals surface area (Å²) in [4.78, 5) is 18.1. The van der Waals surface area contributed by atoms with Crippen LogP contribution in [0.5, 0.6) is 0 Å². The van der Waals surface area contributed by atoms with Gasteiger partial charge in [0.1, 0.15) is 0 Å². The lowest BCUT2D eigenvalue weighted by molar-refractivity contribution is -0.0146. The molecule has 0 atom stereocenters. The van der Waals surface area contributed by atoms with Crippen molar-refractivity contribution in [1.82, 2.24) is 14.5 Å². The lowest BCUT2D eigenvalue weighted by Crippen LogP contribution is -2.52. The number of H-pyrrole nitrogens is 1. The fraction of sp³-hybridized carbons (Fsp3) is 0.650. The van der Waals surface area contributed by atoms with E-state index in [1.54, 1.807) is 0 Å². The van der Waals surface area contributed by atoms with Gasteiger partial charge in [-0.2, -0.15) is 0 Å². The highest BCUT2D eigenvalue weighted by Gasteiger charge is 2.38. The number of rotatable bonds is 3. The van der Waals surface area contributed by atoms with Crippen LogP contribution in [0.25, 0.3) is 11.0 Å². The molecule has 2 heterocycles. The Hall–Kier alpha value is -1.01. The molecule has 27 heavy (non-hydrogen) atoms. The van der Waals surface area contributed by atoms with Gasteiger partial charge in [0.15, 0.2) is 0 Å². The summed E-state index contributed by atoms with van der Waals surface area (Å²) in [6.07, 6.45) is 7.14. The number of imidazole rings is 1. The number of nitrogens with one attached hydrogen (secondary N) is 1. The third-order valence-corrected chi connectivity index (χ3v) is 6.85. The van der Waals surface area contributed by atoms with Gasteiger partial charge in [0.2, 0.25) is 0 Å². The standard InChI is InChI=1S/C20H28ClN3O2.ClH/c1-20(9-5-16(26-2)6-10-20)23-11-7-15(8-12-23)24-18-4-3-14(21)13-17(18)22-19(24)25;/h3-4,13,15-16H,5-12H2,1-2H3,(H,22,25);1H. The first-order chi connectivity index (χ1) is 12.5. The Bertz CT molecular complexity index is 831. The topological polar surface area (TPSA) is 50.3 Å². The van der Waals surface area contributed by atoms with Gasteiger partial charge in [0, 0.05) is 36.8 Å². The molecular formula is C20H29Cl2N3O2. The molecular weight excluding hydrogens is 385 g/mol. The number of piperidine rings is 1. The number of benzene rings is 1. The highest BCUT2D eigenvalue weighted by atomic mass is 35.5. The molecule has 0 bridgehead atoms. The Morgan fingerprint density at radius 1 is 1.19 bits per heavy atom. The van der Waals surface area contributed by atoms with Crippen LogP contribution in [0.3, 0.4) is 0 Å². The minimum atomic E-state index is -0.0208. The van der Waals surface area contributed by atoms with Crippen molar-refractivity contribution in [2.45, 2.75) is 63.1 Å². The molecule has 1 aliphatic heterocycles. The molecule has 2 fully saturated rings. The Morgan fingerprint density at radius 3 is 2.48 bits per heavy atom. The van der Waals surface area contributed by atoms with Crippen LogP contribution in [-0.2, 0) is 4.74 Å². The third kappa shape index (κ3) is 3.93. The lowest BCUT2D eigenvalue weighted by atomic mass is 9.79. The molecule has 5 nitrogen and oxygen atoms in total. The van der Waals surface area contributed by atoms with Crippen molar-refractivity contribution in [2.75, 3.05) is 20.2 Å². The minimum absolute atomic E-state index is 0. The molecule has 1 aromatic heterocycles. The molecule has 1 saturated heterocycles. The molecule has 0 unspecified atom stereocenters. The van der Waals surface area contributed by atoms with Crippen LogP contribution in [0, 0.1) is 0 Å². The molecule has 2 aromatic rings. The minimum Gasteiger partial charge on any atom is -0.381 e. The SMILES string of the molecule is COC1CCC(C)(N2CCC(n3c(=O)[nH]c4cc(Cl)ccc43)CC2)CC1.Cl. The van der Waals surface area contributed by atoms with Crippen LogP contribution in [-0.4, -0.2) is 46.3 Å². The number of halogens is 2. The maximum Gasteiger partial charge on any atom is 0.326 e. The zero-order chi connectivity index (χ0) is 18.3. The van der Waals surface area contributed by atoms with E-state index in [2.05, 4.69) is 16.8 Å². The van der Waals surface area contributed by atoms with Crippen molar-refractivity contribution in [1.29, 1.82) is 0 Å². The molecule has 1 aromatic carbocycles. The van der Waals surface area contributed by atoms with Gasteiger partial charge in [-0.15, -0.1) is 12.4 Å². The number of methoxy groups -OCH3 is 1. The van der Waals surface area contributed by atoms with Gasteiger partial charge in [-0.25, -0.2) is 4.79 Å². The summed E-state index contributed by atoms with van der Waals surface area (Å²) in [5.41, 5.74) is 2.05. The zero-order valence-corrected chi connectivity index (χ0v) is 17.6. The second kappa shape index (κ2) is 8.16. The van der Waals surface area contributed by atoms with Gasteiger partial charge >= 0.3 is 5.69 Å². The Morgan fingerprint density at radius 2 is 1.85 bits per heavy atom. The summed E-state index contributed by atoms with van der Waals surface area (Å²) >= 11 is 6.06. The number of nitrogens with zero attached hydrogens (tertiary/aromatic N) is 2. The maximum absolute atomic E-state index is 12.5. The maximum atomic E-state index is 12.5. The van der Waals surface area contributed by atoms with Crippen molar-refractivity contribution in [3.63, 3.8) is 0 Å². The van der Waals surface area contributed by atoms with Gasteiger partial charge in [-0.05, 0) is 63.6 Å². The second-order valence-electron chi connectivity index (χ2n) is 8.11. The summed E-state index contributed by atoms with van der Waals surface area (Å²) < 4.78 is 7.47. The van der Waals surface area contributed by atoms with E-state index in [-0.39, 0.29) is 29.7 Å². The number of aromatic nitrogens is 2. The van der Waals surface area contributed by atoms with E-state index in [0.717, 1.165) is 49.8 Å². The summed E-state index contributed by atoms with van der Waals surface area (Å²) in [6.45, 7) is 4.50. The van der Waals surface area contributed by atoms with E-state index in [0.29, 0.717) is 11.1 Å². The summed E-state index contributed by atoms with van der Waals surface area (Å²) in [7, 11) is 1.82. The van der Waals surface area contributed by atoms with E-state index in [4.69, 9.17) is 16.3 Å². The van der Waals surface area contributed by atoms with Crippen molar-refractivity contribution in [3.05, 3.63) is 33.7 Å². The lowest BCUT2D eigenvalue weighted by Gasteiger charge is -2.48. The number of likely N-dealkylation sites (tertiary alicyclic amines) is 1. The average molecular weight is 414 g/mol. The number of hydrogen-bond acceptors (Lipinski definition) is 3. The van der Waals surface area contributed by atoms with Crippen molar-refractivity contribution in [2.24, 2.45) is 0 Å². The number of hydrogen-bond donors (Lipinski definition) is 1. The normalized spacial score (nSPS) is 27.6. The molecule has 150 valence electrons. The van der Waals surface area contributed by atoms with E-state index < -0.39 is 0 Å². The van der Waals surface area contributed by atoms with Gasteiger partial charge in [-0.3, -0.25) is 9.47 Å². The summed E-state index contributed by atoms with van der Waals surface area (Å²) in [5, 5.41) is 0.653. The summed E-state index contributed by atoms with van der Waals surface area (Å²) in [5.74, 6) is 0. The van der Waals surface area contributed by atoms with Gasteiger partial charge in [0.05, 0.1) is 17.1 Å². The smallest absolute Gasteiger partial charge is 0.326 e. The van der Waals surface area contributed by atoms with E-state index in [9.17, 15) is 4.79 Å². The number of ether oxygens (including phenoxy) is 1. The van der Waals surface area contributed by atoms with E-state index in [1.807, 2.05) is 29.9 Å². The van der Waals surface area contributed by atoms with Crippen LogP contribution < -0.4 is 5.69 Å². The molecule has 7 heteroatoms. The molecule has 0 amide bonds. The molecule has 1 aliphatic carbocycles. The van der Waals surface area contributed by atoms with Crippen LogP contribution in [0.2, 0.25) is 5.02 Å². The number of aromatic amines is 1. The summed E-state index contributed by atoms with van der Waals surface area (Å²) in [6, 6.07) is 5.90. The van der Waals surface area contributed by atoms with Gasteiger partial charge in [0.25, 0.3) is 0 Å². The first-order valence-electron chi connectivity index (χ1n) is 9.68. The molecule has 1 saturated carbocycles. The van der Waals surface area contributed by atoms with Gasteiger partial charge < -0.3 is 9.72 Å². The quantitative estimate of drug-likeness (QED) is 0.811. The predicted octanol–water partition coefficient (Wildman–Crippen LogP) is 4.39. The van der Waals surface area contributed by atoms with Crippen molar-refractivity contribution in [3.8, 4) is 0 Å². The molecule has 1 N–H and O–H groups in total. The first-order valence-corrected chi connectivity index (χ1v) is 10.1. The number of fused-ring (bicyclic) bond motifs is 1. The van der Waals surface area contributed by atoms with Crippen LogP contribution >= 0.6 is 24.0 Å². The fourth-order valence-electron chi connectivity index (χ4n) is 4.89. The zero-order valence-electron chi connectivity index (χ0n) is 16.0.